The summed E-state index contributed by atoms with van der Waals surface area (Å²) in [6.07, 6.45) is 2.93. The van der Waals surface area contributed by atoms with E-state index in [1.54, 1.807) is 31.3 Å². The largest absolute Gasteiger partial charge is 0.488 e. The molecular weight excluding hydrogens is 418 g/mol. The molecule has 0 saturated heterocycles. The molecule has 2 unspecified atom stereocenters. The predicted molar refractivity (Wildman–Crippen MR) is 112 cm³/mol. The number of nitrogens with zero attached hydrogens (tertiary/aromatic N) is 4. The molecular formula is C19H19ClFN4O3P. The van der Waals surface area contributed by atoms with E-state index in [-0.39, 0.29) is 23.2 Å². The van der Waals surface area contributed by atoms with E-state index in [9.17, 15) is 9.18 Å². The number of halogens is 2. The second-order valence-electron chi connectivity index (χ2n) is 6.31. The van der Waals surface area contributed by atoms with Gasteiger partial charge in [-0.2, -0.15) is 4.98 Å². The fourth-order valence-electron chi connectivity index (χ4n) is 2.46. The summed E-state index contributed by atoms with van der Waals surface area (Å²) in [5.74, 6) is 0.304. The minimum atomic E-state index is -1.58. The van der Waals surface area contributed by atoms with Crippen LogP contribution in [-0.4, -0.2) is 38.1 Å². The van der Waals surface area contributed by atoms with Crippen molar-refractivity contribution in [3.05, 3.63) is 58.2 Å². The molecule has 0 aliphatic carbocycles. The van der Waals surface area contributed by atoms with Crippen LogP contribution in [0.5, 0.6) is 11.8 Å². The van der Waals surface area contributed by atoms with Gasteiger partial charge in [0, 0.05) is 12.3 Å². The number of aromatic nitrogens is 4. The van der Waals surface area contributed by atoms with Crippen LogP contribution in [0.4, 0.5) is 4.39 Å². The fourth-order valence-corrected chi connectivity index (χ4v) is 2.78. The van der Waals surface area contributed by atoms with E-state index in [2.05, 4.69) is 24.2 Å². The Balaban J connectivity index is 2.01. The molecule has 0 spiro atoms. The first-order chi connectivity index (χ1) is 13.8. The Hall–Kier alpha value is -2.57. The van der Waals surface area contributed by atoms with Crippen LogP contribution in [0.3, 0.4) is 0 Å². The van der Waals surface area contributed by atoms with Crippen molar-refractivity contribution in [3.63, 3.8) is 0 Å². The van der Waals surface area contributed by atoms with Crippen LogP contribution in [0, 0.1) is 0 Å². The third kappa shape index (κ3) is 5.28. The molecule has 29 heavy (non-hydrogen) atoms. The van der Waals surface area contributed by atoms with Crippen molar-refractivity contribution in [3.8, 4) is 28.8 Å². The second-order valence-corrected chi connectivity index (χ2v) is 7.92. The summed E-state index contributed by atoms with van der Waals surface area (Å²) in [6, 6.07) is 7.82. The average Bonchev–Trinajstić information content (AvgIpc) is 2.67. The summed E-state index contributed by atoms with van der Waals surface area (Å²) in [5.41, 5.74) is 0.930. The third-order valence-electron chi connectivity index (χ3n) is 3.69. The lowest BCUT2D eigenvalue weighted by Crippen LogP contribution is -2.22. The molecule has 0 bridgehead atoms. The first kappa shape index (κ1) is 21.1. The molecule has 3 rings (SSSR count). The van der Waals surface area contributed by atoms with Crippen LogP contribution in [0.25, 0.3) is 17.1 Å². The molecule has 152 valence electrons. The molecule has 3 aromatic rings. The van der Waals surface area contributed by atoms with Crippen molar-refractivity contribution >= 4 is 20.8 Å². The normalized spacial score (nSPS) is 13.0. The first-order valence-corrected chi connectivity index (χ1v) is 9.68. The molecule has 7 nitrogen and oxygen atoms in total. The van der Waals surface area contributed by atoms with E-state index in [0.29, 0.717) is 29.4 Å². The molecule has 0 aliphatic rings. The summed E-state index contributed by atoms with van der Waals surface area (Å²) in [4.78, 5) is 25.2. The highest BCUT2D eigenvalue weighted by molar-refractivity contribution is 7.18. The summed E-state index contributed by atoms with van der Waals surface area (Å²) >= 11 is 6.27. The number of hydrogen-bond donors (Lipinski definition) is 0. The zero-order valence-corrected chi connectivity index (χ0v) is 17.7. The van der Waals surface area contributed by atoms with Crippen molar-refractivity contribution in [1.29, 1.82) is 0 Å². The molecule has 0 saturated carbocycles. The lowest BCUT2D eigenvalue weighted by Gasteiger charge is -2.17. The topological polar surface area (TPSA) is 79.1 Å². The molecule has 2 heterocycles. The van der Waals surface area contributed by atoms with Gasteiger partial charge in [0.25, 0.3) is 5.56 Å². The van der Waals surface area contributed by atoms with Gasteiger partial charge in [-0.15, -0.1) is 0 Å². The molecule has 2 atom stereocenters. The third-order valence-corrected chi connectivity index (χ3v) is 4.15. The summed E-state index contributed by atoms with van der Waals surface area (Å²) in [6.45, 7) is 3.28. The van der Waals surface area contributed by atoms with Gasteiger partial charge in [-0.05, 0) is 38.1 Å². The predicted octanol–water partition coefficient (Wildman–Crippen LogP) is 3.68. The highest BCUT2D eigenvalue weighted by atomic mass is 35.5. The molecule has 2 aromatic heterocycles. The number of alkyl halides is 1. The van der Waals surface area contributed by atoms with Gasteiger partial charge in [-0.1, -0.05) is 20.8 Å². The average molecular weight is 437 g/mol. The number of hydrogen-bond acceptors (Lipinski definition) is 6. The molecule has 0 aliphatic heterocycles. The minimum absolute atomic E-state index is 0.0969. The Morgan fingerprint density at radius 2 is 2.03 bits per heavy atom. The fraction of sp³-hybridized carbons (Fsp3) is 0.263. The number of benzene rings is 1. The van der Waals surface area contributed by atoms with Gasteiger partial charge in [0.05, 0.1) is 28.7 Å². The van der Waals surface area contributed by atoms with Crippen LogP contribution in [-0.2, 0) is 0 Å². The molecule has 0 N–H and O–H groups in total. The molecule has 0 amide bonds. The van der Waals surface area contributed by atoms with Gasteiger partial charge < -0.3 is 9.47 Å². The Morgan fingerprint density at radius 3 is 2.66 bits per heavy atom. The van der Waals surface area contributed by atoms with Gasteiger partial charge in [0.15, 0.2) is 5.41 Å². The summed E-state index contributed by atoms with van der Waals surface area (Å²) in [5, 5.41) is -1.35. The zero-order chi connectivity index (χ0) is 21.0. The van der Waals surface area contributed by atoms with E-state index in [1.165, 1.54) is 30.0 Å². The van der Waals surface area contributed by atoms with Crippen molar-refractivity contribution in [1.82, 2.24) is 19.5 Å². The smallest absolute Gasteiger partial charge is 0.304 e. The zero-order valence-electron chi connectivity index (χ0n) is 15.8. The Labute approximate surface area is 174 Å². The van der Waals surface area contributed by atoms with Crippen molar-refractivity contribution in [2.75, 3.05) is 13.2 Å². The Kier molecular flexibility index (Phi) is 6.45. The molecule has 1 aromatic carbocycles. The minimum Gasteiger partial charge on any atom is -0.488 e. The Bertz CT molecular complexity index is 1060. The SMILES string of the molecule is CCOc1nc(-c2ccncn2)cc(=O)n1-c1ccc(OCC(C)(F)P)c(Cl)c1. The maximum atomic E-state index is 13.6. The van der Waals surface area contributed by atoms with E-state index in [1.807, 2.05) is 0 Å². The maximum Gasteiger partial charge on any atom is 0.304 e. The standard InChI is InChI=1S/C19H19ClFN4O3P/c1-3-27-18-24-15(14-6-7-22-11-23-14)9-17(26)25(18)12-4-5-16(13(20)8-12)28-10-19(2,21)29/h4-9,11H,3,10,29H2,1-2H3. The monoisotopic (exact) mass is 436 g/mol. The second kappa shape index (κ2) is 8.84. The van der Waals surface area contributed by atoms with Crippen molar-refractivity contribution < 1.29 is 13.9 Å². The maximum absolute atomic E-state index is 13.6. The number of rotatable bonds is 7. The molecule has 0 fully saturated rings. The van der Waals surface area contributed by atoms with E-state index >= 15 is 0 Å². The summed E-state index contributed by atoms with van der Waals surface area (Å²) < 4.78 is 25.9. The van der Waals surface area contributed by atoms with Crippen molar-refractivity contribution in [2.24, 2.45) is 0 Å². The quantitative estimate of drug-likeness (QED) is 0.526. The van der Waals surface area contributed by atoms with Gasteiger partial charge in [0.2, 0.25) is 0 Å². The number of ether oxygens (including phenoxy) is 2. The highest BCUT2D eigenvalue weighted by Gasteiger charge is 2.19. The van der Waals surface area contributed by atoms with E-state index in [0.717, 1.165) is 0 Å². The van der Waals surface area contributed by atoms with Gasteiger partial charge >= 0.3 is 6.01 Å². The Morgan fingerprint density at radius 1 is 1.24 bits per heavy atom. The van der Waals surface area contributed by atoms with Crippen LogP contribution < -0.4 is 15.0 Å². The summed E-state index contributed by atoms with van der Waals surface area (Å²) in [7, 11) is 2.05. The van der Waals surface area contributed by atoms with Crippen LogP contribution >= 0.6 is 20.8 Å². The van der Waals surface area contributed by atoms with Gasteiger partial charge in [-0.3, -0.25) is 4.79 Å². The van der Waals surface area contributed by atoms with E-state index < -0.39 is 5.41 Å². The lowest BCUT2D eigenvalue weighted by atomic mass is 10.2. The van der Waals surface area contributed by atoms with Gasteiger partial charge in [0.1, 0.15) is 18.7 Å². The van der Waals surface area contributed by atoms with Crippen LogP contribution in [0.15, 0.2) is 47.7 Å². The molecule has 10 heteroatoms. The first-order valence-electron chi connectivity index (χ1n) is 8.72. The lowest BCUT2D eigenvalue weighted by molar-refractivity contribution is 0.182. The molecule has 0 radical (unpaired) electrons. The van der Waals surface area contributed by atoms with Crippen LogP contribution in [0.1, 0.15) is 13.8 Å². The van der Waals surface area contributed by atoms with Gasteiger partial charge in [-0.25, -0.2) is 18.9 Å². The van der Waals surface area contributed by atoms with Crippen molar-refractivity contribution in [2.45, 2.75) is 19.3 Å². The highest BCUT2D eigenvalue weighted by Crippen LogP contribution is 2.30. The van der Waals surface area contributed by atoms with E-state index in [4.69, 9.17) is 21.1 Å². The van der Waals surface area contributed by atoms with Crippen LogP contribution in [0.2, 0.25) is 5.02 Å².